The Bertz CT molecular complexity index is 321. The SMILES string of the molecule is CC(C)CN1CCC(O)(C2(C#N)CCOC2)CC1. The van der Waals surface area contributed by atoms with Crippen molar-refractivity contribution >= 4 is 0 Å². The molecular formula is C14H24N2O2. The molecule has 2 fully saturated rings. The van der Waals surface area contributed by atoms with E-state index in [1.165, 1.54) is 0 Å². The third-order valence-corrected chi connectivity index (χ3v) is 4.43. The van der Waals surface area contributed by atoms with E-state index in [4.69, 9.17) is 4.74 Å². The summed E-state index contributed by atoms with van der Waals surface area (Å²) in [5, 5.41) is 20.3. The number of nitriles is 1. The molecule has 102 valence electrons. The molecule has 0 spiro atoms. The van der Waals surface area contributed by atoms with E-state index in [-0.39, 0.29) is 0 Å². The van der Waals surface area contributed by atoms with Crippen LogP contribution in [-0.2, 0) is 4.74 Å². The minimum absolute atomic E-state index is 0.393. The maximum Gasteiger partial charge on any atom is 0.111 e. The summed E-state index contributed by atoms with van der Waals surface area (Å²) >= 11 is 0. The summed E-state index contributed by atoms with van der Waals surface area (Å²) < 4.78 is 5.37. The summed E-state index contributed by atoms with van der Waals surface area (Å²) in [6.07, 6.45) is 2.05. The van der Waals surface area contributed by atoms with Crippen LogP contribution in [0.5, 0.6) is 0 Å². The zero-order chi connectivity index (χ0) is 13.2. The van der Waals surface area contributed by atoms with Crippen molar-refractivity contribution in [3.8, 4) is 6.07 Å². The fourth-order valence-corrected chi connectivity index (χ4v) is 3.22. The molecular weight excluding hydrogens is 228 g/mol. The maximum atomic E-state index is 10.8. The molecule has 0 saturated carbocycles. The van der Waals surface area contributed by atoms with Gasteiger partial charge in [0.25, 0.3) is 0 Å². The van der Waals surface area contributed by atoms with E-state index in [1.807, 2.05) is 0 Å². The standard InChI is InChI=1S/C14H24N2O2/c1-12(2)9-16-6-3-14(17,4-7-16)13(10-15)5-8-18-11-13/h12,17H,3-9,11H2,1-2H3. The van der Waals surface area contributed by atoms with Crippen molar-refractivity contribution in [3.63, 3.8) is 0 Å². The second-order valence-corrected chi connectivity index (χ2v) is 6.22. The van der Waals surface area contributed by atoms with Crippen LogP contribution in [0.1, 0.15) is 33.1 Å². The zero-order valence-electron chi connectivity index (χ0n) is 11.5. The number of nitrogens with zero attached hydrogens (tertiary/aromatic N) is 2. The lowest BCUT2D eigenvalue weighted by Gasteiger charge is -2.45. The first-order valence-electron chi connectivity index (χ1n) is 6.95. The van der Waals surface area contributed by atoms with Gasteiger partial charge in [-0.2, -0.15) is 5.26 Å². The summed E-state index contributed by atoms with van der Waals surface area (Å²) in [4.78, 5) is 2.39. The molecule has 1 N–H and O–H groups in total. The lowest BCUT2D eigenvalue weighted by atomic mass is 9.67. The van der Waals surface area contributed by atoms with E-state index in [0.29, 0.717) is 38.4 Å². The Kier molecular flexibility index (Phi) is 3.96. The number of ether oxygens (including phenoxy) is 1. The number of aliphatic hydroxyl groups is 1. The van der Waals surface area contributed by atoms with Crippen LogP contribution in [0.15, 0.2) is 0 Å². The van der Waals surface area contributed by atoms with Crippen LogP contribution < -0.4 is 0 Å². The van der Waals surface area contributed by atoms with Crippen LogP contribution in [0.4, 0.5) is 0 Å². The van der Waals surface area contributed by atoms with Gasteiger partial charge in [0.2, 0.25) is 0 Å². The number of likely N-dealkylation sites (tertiary alicyclic amines) is 1. The monoisotopic (exact) mass is 252 g/mol. The highest BCUT2D eigenvalue weighted by Gasteiger charge is 2.54. The van der Waals surface area contributed by atoms with Crippen LogP contribution in [0.2, 0.25) is 0 Å². The summed E-state index contributed by atoms with van der Waals surface area (Å²) in [5.74, 6) is 0.649. The van der Waals surface area contributed by atoms with Crippen molar-refractivity contribution < 1.29 is 9.84 Å². The normalized spacial score (nSPS) is 32.6. The topological polar surface area (TPSA) is 56.5 Å². The molecule has 2 aliphatic heterocycles. The fourth-order valence-electron chi connectivity index (χ4n) is 3.22. The van der Waals surface area contributed by atoms with Crippen molar-refractivity contribution in [2.24, 2.45) is 11.3 Å². The molecule has 0 amide bonds. The summed E-state index contributed by atoms with van der Waals surface area (Å²) in [6, 6.07) is 2.35. The van der Waals surface area contributed by atoms with Crippen LogP contribution in [0.3, 0.4) is 0 Å². The molecule has 1 atom stereocenters. The van der Waals surface area contributed by atoms with Crippen LogP contribution in [0.25, 0.3) is 0 Å². The fraction of sp³-hybridized carbons (Fsp3) is 0.929. The van der Waals surface area contributed by atoms with E-state index in [9.17, 15) is 10.4 Å². The maximum absolute atomic E-state index is 10.8. The molecule has 0 aliphatic carbocycles. The minimum atomic E-state index is -0.855. The van der Waals surface area contributed by atoms with Gasteiger partial charge < -0.3 is 14.7 Å². The highest BCUT2D eigenvalue weighted by molar-refractivity contribution is 5.14. The van der Waals surface area contributed by atoms with Crippen LogP contribution in [0, 0.1) is 22.7 Å². The molecule has 4 nitrogen and oxygen atoms in total. The average Bonchev–Trinajstić information content (AvgIpc) is 2.82. The minimum Gasteiger partial charge on any atom is -0.388 e. The molecule has 0 aromatic rings. The van der Waals surface area contributed by atoms with Crippen molar-refractivity contribution in [2.75, 3.05) is 32.8 Å². The Morgan fingerprint density at radius 3 is 2.44 bits per heavy atom. The molecule has 2 saturated heterocycles. The Morgan fingerprint density at radius 1 is 1.33 bits per heavy atom. The highest BCUT2D eigenvalue weighted by Crippen LogP contribution is 2.44. The van der Waals surface area contributed by atoms with E-state index < -0.39 is 11.0 Å². The van der Waals surface area contributed by atoms with E-state index in [0.717, 1.165) is 19.6 Å². The molecule has 2 rings (SSSR count). The Morgan fingerprint density at radius 2 is 2.00 bits per heavy atom. The zero-order valence-corrected chi connectivity index (χ0v) is 11.5. The summed E-state index contributed by atoms with van der Waals surface area (Å²) in [5.41, 5.74) is -1.53. The molecule has 18 heavy (non-hydrogen) atoms. The molecule has 1 unspecified atom stereocenters. The first-order chi connectivity index (χ1) is 8.51. The lowest BCUT2D eigenvalue weighted by Crippen LogP contribution is -2.55. The molecule has 0 aromatic heterocycles. The quantitative estimate of drug-likeness (QED) is 0.825. The molecule has 2 aliphatic rings. The predicted molar refractivity (Wildman–Crippen MR) is 68.9 cm³/mol. The van der Waals surface area contributed by atoms with Gasteiger partial charge in [-0.3, -0.25) is 0 Å². The van der Waals surface area contributed by atoms with Gasteiger partial charge in [0.1, 0.15) is 5.41 Å². The van der Waals surface area contributed by atoms with Crippen molar-refractivity contribution in [1.29, 1.82) is 5.26 Å². The molecule has 0 aromatic carbocycles. The largest absolute Gasteiger partial charge is 0.388 e. The van der Waals surface area contributed by atoms with Gasteiger partial charge >= 0.3 is 0 Å². The smallest absolute Gasteiger partial charge is 0.111 e. The molecule has 0 bridgehead atoms. The Hall–Kier alpha value is -0.630. The second kappa shape index (κ2) is 5.16. The average molecular weight is 252 g/mol. The molecule has 4 heteroatoms. The van der Waals surface area contributed by atoms with E-state index >= 15 is 0 Å². The molecule has 2 heterocycles. The van der Waals surface area contributed by atoms with Gasteiger partial charge in [-0.05, 0) is 25.2 Å². The van der Waals surface area contributed by atoms with Crippen molar-refractivity contribution in [3.05, 3.63) is 0 Å². The van der Waals surface area contributed by atoms with Crippen molar-refractivity contribution in [1.82, 2.24) is 4.90 Å². The highest BCUT2D eigenvalue weighted by atomic mass is 16.5. The van der Waals surface area contributed by atoms with E-state index in [1.54, 1.807) is 0 Å². The third kappa shape index (κ3) is 2.40. The van der Waals surface area contributed by atoms with Gasteiger partial charge in [0, 0.05) is 26.2 Å². The molecule has 0 radical (unpaired) electrons. The van der Waals surface area contributed by atoms with Gasteiger partial charge in [-0.25, -0.2) is 0 Å². The van der Waals surface area contributed by atoms with Gasteiger partial charge in [-0.15, -0.1) is 0 Å². The van der Waals surface area contributed by atoms with Crippen molar-refractivity contribution in [2.45, 2.75) is 38.7 Å². The first kappa shape index (κ1) is 13.8. The van der Waals surface area contributed by atoms with Gasteiger partial charge in [-0.1, -0.05) is 13.8 Å². The predicted octanol–water partition coefficient (Wildman–Crippen LogP) is 1.40. The number of rotatable bonds is 3. The van der Waals surface area contributed by atoms with E-state index in [2.05, 4.69) is 24.8 Å². The van der Waals surface area contributed by atoms with Gasteiger partial charge in [0.15, 0.2) is 0 Å². The van der Waals surface area contributed by atoms with Crippen LogP contribution >= 0.6 is 0 Å². The Labute approximate surface area is 110 Å². The second-order valence-electron chi connectivity index (χ2n) is 6.22. The third-order valence-electron chi connectivity index (χ3n) is 4.43. The summed E-state index contributed by atoms with van der Waals surface area (Å²) in [7, 11) is 0. The number of hydrogen-bond donors (Lipinski definition) is 1. The van der Waals surface area contributed by atoms with Crippen LogP contribution in [-0.4, -0.2) is 48.5 Å². The lowest BCUT2D eigenvalue weighted by molar-refractivity contribution is -0.0987. The first-order valence-corrected chi connectivity index (χ1v) is 6.95. The van der Waals surface area contributed by atoms with Gasteiger partial charge in [0.05, 0.1) is 18.3 Å². The Balaban J connectivity index is 2.00. The number of piperidine rings is 1. The number of hydrogen-bond acceptors (Lipinski definition) is 4. The summed E-state index contributed by atoms with van der Waals surface area (Å²) in [6.45, 7) is 8.27.